The van der Waals surface area contributed by atoms with Crippen LogP contribution in [0.4, 0.5) is 22.1 Å². The van der Waals surface area contributed by atoms with Crippen molar-refractivity contribution in [2.75, 3.05) is 10.2 Å². The Bertz CT molecular complexity index is 1260. The van der Waals surface area contributed by atoms with Crippen LogP contribution in [0.1, 0.15) is 13.8 Å². The summed E-state index contributed by atoms with van der Waals surface area (Å²) in [7, 11) is 0. The molecule has 2 aromatic heterocycles. The molecule has 2 amide bonds. The highest BCUT2D eigenvalue weighted by molar-refractivity contribution is 6.03. The highest BCUT2D eigenvalue weighted by Crippen LogP contribution is 2.26. The third kappa shape index (κ3) is 3.80. The number of hydrogen-bond acceptors (Lipinski definition) is 5. The first kappa shape index (κ1) is 20.0. The quantitative estimate of drug-likeness (QED) is 0.528. The van der Waals surface area contributed by atoms with E-state index in [4.69, 9.17) is 0 Å². The maximum atomic E-state index is 13.8. The number of H-pyrrole nitrogens is 1. The lowest BCUT2D eigenvalue weighted by atomic mass is 10.2. The molecule has 9 nitrogen and oxygen atoms in total. The number of aromatic nitrogens is 4. The van der Waals surface area contributed by atoms with Crippen molar-refractivity contribution in [3.05, 3.63) is 77.3 Å². The smallest absolute Gasteiger partial charge is 0.339 e. The molecule has 31 heavy (non-hydrogen) atoms. The van der Waals surface area contributed by atoms with E-state index in [9.17, 15) is 14.4 Å². The van der Waals surface area contributed by atoms with Gasteiger partial charge >= 0.3 is 6.03 Å². The van der Waals surface area contributed by atoms with Crippen LogP contribution in [-0.2, 0) is 4.79 Å². The number of benzene rings is 2. The molecule has 0 atom stereocenters. The molecular formula is C22H20N6O3. The first-order chi connectivity index (χ1) is 15.0. The average Bonchev–Trinajstić information content (AvgIpc) is 3.24. The van der Waals surface area contributed by atoms with Crippen LogP contribution in [0.3, 0.4) is 0 Å². The predicted molar refractivity (Wildman–Crippen MR) is 117 cm³/mol. The van der Waals surface area contributed by atoms with E-state index in [0.717, 1.165) is 4.57 Å². The van der Waals surface area contributed by atoms with Crippen LogP contribution in [0.25, 0.3) is 11.2 Å². The van der Waals surface area contributed by atoms with Gasteiger partial charge in [0.2, 0.25) is 11.9 Å². The minimum Gasteiger partial charge on any atom is -0.339 e. The fourth-order valence-corrected chi connectivity index (χ4v) is 3.03. The van der Waals surface area contributed by atoms with Crippen molar-refractivity contribution < 1.29 is 9.59 Å². The molecule has 0 bridgehead atoms. The van der Waals surface area contributed by atoms with Crippen molar-refractivity contribution in [2.24, 2.45) is 5.92 Å². The van der Waals surface area contributed by atoms with Crippen LogP contribution in [0.15, 0.2) is 71.8 Å². The highest BCUT2D eigenvalue weighted by atomic mass is 16.2. The molecule has 0 radical (unpaired) electrons. The standard InChI is InChI=1S/C22H20N6O3/c1-14(2)19(29)26-21-25-18-17(23-13-24-18)20(30)28(21)22(31)27(15-9-5-3-6-10-15)16-11-7-4-8-12-16/h3-14H,1-2H3,(H,23,24)(H,25,26,29). The summed E-state index contributed by atoms with van der Waals surface area (Å²) in [5.74, 6) is -0.950. The Morgan fingerprint density at radius 2 is 1.58 bits per heavy atom. The number of aromatic amines is 1. The van der Waals surface area contributed by atoms with E-state index < -0.39 is 11.6 Å². The summed E-state index contributed by atoms with van der Waals surface area (Å²) in [5.41, 5.74) is 0.618. The summed E-state index contributed by atoms with van der Waals surface area (Å²) in [4.78, 5) is 51.7. The van der Waals surface area contributed by atoms with Crippen LogP contribution in [0, 0.1) is 5.92 Å². The van der Waals surface area contributed by atoms with Crippen LogP contribution in [0.2, 0.25) is 0 Å². The summed E-state index contributed by atoms with van der Waals surface area (Å²) in [6, 6.07) is 17.1. The number of imidazole rings is 1. The van der Waals surface area contributed by atoms with Crippen molar-refractivity contribution in [2.45, 2.75) is 13.8 Å². The topological polar surface area (TPSA) is 113 Å². The number of hydrogen-bond donors (Lipinski definition) is 2. The van der Waals surface area contributed by atoms with Gasteiger partial charge in [-0.3, -0.25) is 19.8 Å². The third-order valence-electron chi connectivity index (χ3n) is 4.63. The fraction of sp³-hybridized carbons (Fsp3) is 0.136. The van der Waals surface area contributed by atoms with Gasteiger partial charge in [0.1, 0.15) is 0 Å². The van der Waals surface area contributed by atoms with E-state index in [1.54, 1.807) is 62.4 Å². The van der Waals surface area contributed by atoms with Gasteiger partial charge in [0.25, 0.3) is 5.56 Å². The monoisotopic (exact) mass is 416 g/mol. The zero-order valence-electron chi connectivity index (χ0n) is 16.9. The SMILES string of the molecule is CC(C)C(=O)Nc1nc2nc[nH]c2c(=O)n1C(=O)N(c1ccccc1)c1ccccc1. The molecule has 0 aliphatic rings. The molecule has 0 saturated heterocycles. The number of nitrogens with one attached hydrogen (secondary N) is 2. The summed E-state index contributed by atoms with van der Waals surface area (Å²) in [6.45, 7) is 3.40. The van der Waals surface area contributed by atoms with Gasteiger partial charge in [-0.2, -0.15) is 9.55 Å². The highest BCUT2D eigenvalue weighted by Gasteiger charge is 2.27. The van der Waals surface area contributed by atoms with Gasteiger partial charge in [-0.1, -0.05) is 50.2 Å². The largest absolute Gasteiger partial charge is 0.343 e. The first-order valence-electron chi connectivity index (χ1n) is 9.69. The molecule has 0 unspecified atom stereocenters. The van der Waals surface area contributed by atoms with Gasteiger partial charge < -0.3 is 4.98 Å². The summed E-state index contributed by atoms with van der Waals surface area (Å²) in [6.07, 6.45) is 1.31. The number of amides is 2. The lowest BCUT2D eigenvalue weighted by Crippen LogP contribution is -2.40. The molecule has 0 aliphatic carbocycles. The molecule has 0 fully saturated rings. The number of fused-ring (bicyclic) bond motifs is 1. The molecule has 4 rings (SSSR count). The lowest BCUT2D eigenvalue weighted by Gasteiger charge is -2.24. The molecular weight excluding hydrogens is 396 g/mol. The Balaban J connectivity index is 1.93. The van der Waals surface area contributed by atoms with Gasteiger partial charge in [-0.15, -0.1) is 0 Å². The van der Waals surface area contributed by atoms with E-state index in [1.807, 2.05) is 12.1 Å². The van der Waals surface area contributed by atoms with E-state index >= 15 is 0 Å². The van der Waals surface area contributed by atoms with Crippen LogP contribution in [0.5, 0.6) is 0 Å². The van der Waals surface area contributed by atoms with Gasteiger partial charge in [0.05, 0.1) is 17.7 Å². The number of nitrogens with zero attached hydrogens (tertiary/aromatic N) is 4. The van der Waals surface area contributed by atoms with Crippen molar-refractivity contribution >= 4 is 40.4 Å². The number of para-hydroxylation sites is 2. The maximum Gasteiger partial charge on any atom is 0.343 e. The molecule has 0 saturated carbocycles. The Labute approximate surface area is 177 Å². The summed E-state index contributed by atoms with van der Waals surface area (Å²) < 4.78 is 0.848. The first-order valence-corrected chi connectivity index (χ1v) is 9.69. The number of carbonyl (C=O) groups excluding carboxylic acids is 2. The van der Waals surface area contributed by atoms with Crippen LogP contribution in [-0.4, -0.2) is 31.5 Å². The van der Waals surface area contributed by atoms with Gasteiger partial charge in [-0.05, 0) is 24.3 Å². The van der Waals surface area contributed by atoms with Crippen molar-refractivity contribution in [3.63, 3.8) is 0 Å². The minimum absolute atomic E-state index is 0.0666. The van der Waals surface area contributed by atoms with Crippen LogP contribution >= 0.6 is 0 Å². The Morgan fingerprint density at radius 1 is 1.00 bits per heavy atom. The molecule has 0 aliphatic heterocycles. The predicted octanol–water partition coefficient (Wildman–Crippen LogP) is 3.52. The second-order valence-electron chi connectivity index (χ2n) is 7.11. The Hall–Kier alpha value is -4.27. The molecule has 0 spiro atoms. The zero-order valence-corrected chi connectivity index (χ0v) is 16.9. The second-order valence-corrected chi connectivity index (χ2v) is 7.11. The molecule has 4 aromatic rings. The normalized spacial score (nSPS) is 10.9. The van der Waals surface area contributed by atoms with Gasteiger partial charge in [-0.25, -0.2) is 9.78 Å². The molecule has 156 valence electrons. The zero-order chi connectivity index (χ0) is 22.0. The lowest BCUT2D eigenvalue weighted by molar-refractivity contribution is -0.118. The summed E-state index contributed by atoms with van der Waals surface area (Å²) in [5, 5.41) is 2.58. The second kappa shape index (κ2) is 8.23. The number of rotatable bonds is 4. The van der Waals surface area contributed by atoms with Gasteiger partial charge in [0.15, 0.2) is 11.2 Å². The van der Waals surface area contributed by atoms with Crippen molar-refractivity contribution in [1.82, 2.24) is 19.5 Å². The number of carbonyl (C=O) groups is 2. The van der Waals surface area contributed by atoms with E-state index in [-0.39, 0.29) is 28.9 Å². The molecule has 9 heteroatoms. The molecule has 2 N–H and O–H groups in total. The fourth-order valence-electron chi connectivity index (χ4n) is 3.03. The molecule has 2 heterocycles. The van der Waals surface area contributed by atoms with Crippen molar-refractivity contribution in [3.8, 4) is 0 Å². The average molecular weight is 416 g/mol. The third-order valence-corrected chi connectivity index (χ3v) is 4.63. The molecule has 2 aromatic carbocycles. The van der Waals surface area contributed by atoms with E-state index in [2.05, 4.69) is 20.3 Å². The minimum atomic E-state index is -0.689. The maximum absolute atomic E-state index is 13.8. The van der Waals surface area contributed by atoms with E-state index in [0.29, 0.717) is 11.4 Å². The van der Waals surface area contributed by atoms with Gasteiger partial charge in [0, 0.05) is 5.92 Å². The Kier molecular flexibility index (Phi) is 5.31. The van der Waals surface area contributed by atoms with Crippen molar-refractivity contribution in [1.29, 1.82) is 0 Å². The Morgan fingerprint density at radius 3 is 2.13 bits per heavy atom. The van der Waals surface area contributed by atoms with Crippen LogP contribution < -0.4 is 15.8 Å². The summed E-state index contributed by atoms with van der Waals surface area (Å²) >= 11 is 0. The number of anilines is 3. The van der Waals surface area contributed by atoms with E-state index in [1.165, 1.54) is 11.2 Å².